The molecule has 0 saturated carbocycles. The predicted octanol–water partition coefficient (Wildman–Crippen LogP) is 1.15. The van der Waals surface area contributed by atoms with Crippen LogP contribution in [0.15, 0.2) is 30.5 Å². The standard InChI is InChI=1S/C25H35N5O5/c1-4-14(2)21(25(34)35)29-23(32)20-10-7-11-30(20)24(33)19(28-22(31)15(3)26)12-16-13-27-18-9-6-5-8-17(16)18/h5-6,8-9,13-15,19-21,27H,4,7,10-12,26H2,1-3H3,(H,28,31)(H,29,32)(H,34,35). The van der Waals surface area contributed by atoms with E-state index in [4.69, 9.17) is 5.73 Å². The van der Waals surface area contributed by atoms with Crippen molar-refractivity contribution in [3.8, 4) is 0 Å². The Hall–Kier alpha value is -3.40. The molecule has 5 atom stereocenters. The van der Waals surface area contributed by atoms with Crippen molar-refractivity contribution in [1.29, 1.82) is 0 Å². The lowest BCUT2D eigenvalue weighted by molar-refractivity contribution is -0.146. The molecule has 190 valence electrons. The van der Waals surface area contributed by atoms with Gasteiger partial charge in [0.15, 0.2) is 0 Å². The van der Waals surface area contributed by atoms with Crippen LogP contribution in [0.1, 0.15) is 45.6 Å². The minimum Gasteiger partial charge on any atom is -0.480 e. The molecule has 1 aliphatic heterocycles. The number of likely N-dealkylation sites (tertiary alicyclic amines) is 1. The van der Waals surface area contributed by atoms with Crippen molar-refractivity contribution < 1.29 is 24.3 Å². The number of hydrogen-bond acceptors (Lipinski definition) is 5. The first-order valence-electron chi connectivity index (χ1n) is 12.1. The topological polar surface area (TPSA) is 158 Å². The number of amides is 3. The summed E-state index contributed by atoms with van der Waals surface area (Å²) in [6, 6.07) is 4.09. The summed E-state index contributed by atoms with van der Waals surface area (Å²) in [5.41, 5.74) is 7.51. The Morgan fingerprint density at radius 1 is 1.20 bits per heavy atom. The van der Waals surface area contributed by atoms with Crippen molar-refractivity contribution in [2.24, 2.45) is 11.7 Å². The molecular weight excluding hydrogens is 450 g/mol. The lowest BCUT2D eigenvalue weighted by atomic mass is 9.98. The highest BCUT2D eigenvalue weighted by molar-refractivity contribution is 5.95. The highest BCUT2D eigenvalue weighted by atomic mass is 16.4. The van der Waals surface area contributed by atoms with E-state index in [0.717, 1.165) is 16.5 Å². The van der Waals surface area contributed by atoms with E-state index in [0.29, 0.717) is 25.8 Å². The molecule has 1 aromatic heterocycles. The van der Waals surface area contributed by atoms with Crippen molar-refractivity contribution >= 4 is 34.6 Å². The molecule has 6 N–H and O–H groups in total. The lowest BCUT2D eigenvalue weighted by Crippen LogP contribution is -2.57. The number of carbonyl (C=O) groups excluding carboxylic acids is 3. The highest BCUT2D eigenvalue weighted by Gasteiger charge is 2.39. The van der Waals surface area contributed by atoms with E-state index < -0.39 is 47.9 Å². The van der Waals surface area contributed by atoms with Crippen LogP contribution in [-0.4, -0.2) is 69.4 Å². The number of hydrogen-bond donors (Lipinski definition) is 5. The molecular formula is C25H35N5O5. The van der Waals surface area contributed by atoms with Gasteiger partial charge in [0.05, 0.1) is 6.04 Å². The molecule has 2 aromatic rings. The maximum Gasteiger partial charge on any atom is 0.326 e. The first kappa shape index (κ1) is 26.2. The van der Waals surface area contributed by atoms with Crippen molar-refractivity contribution in [2.45, 2.75) is 70.6 Å². The Balaban J connectivity index is 1.83. The number of nitrogens with two attached hydrogens (primary N) is 1. The largest absolute Gasteiger partial charge is 0.480 e. The number of benzene rings is 1. The van der Waals surface area contributed by atoms with Crippen LogP contribution < -0.4 is 16.4 Å². The Morgan fingerprint density at radius 3 is 2.57 bits per heavy atom. The second-order valence-corrected chi connectivity index (χ2v) is 9.31. The number of fused-ring (bicyclic) bond motifs is 1. The first-order valence-corrected chi connectivity index (χ1v) is 12.1. The third-order valence-corrected chi connectivity index (χ3v) is 6.74. The van der Waals surface area contributed by atoms with E-state index in [1.807, 2.05) is 31.2 Å². The third-order valence-electron chi connectivity index (χ3n) is 6.74. The summed E-state index contributed by atoms with van der Waals surface area (Å²) in [5, 5.41) is 15.9. The SMILES string of the molecule is CCC(C)C(NC(=O)C1CCCN1C(=O)C(Cc1c[nH]c2ccccc12)NC(=O)C(C)N)C(=O)O. The molecule has 10 nitrogen and oxygen atoms in total. The first-order chi connectivity index (χ1) is 16.6. The lowest BCUT2D eigenvalue weighted by Gasteiger charge is -2.30. The molecule has 0 bridgehead atoms. The number of aliphatic carboxylic acids is 1. The van der Waals surface area contributed by atoms with E-state index >= 15 is 0 Å². The van der Waals surface area contributed by atoms with Gasteiger partial charge in [-0.2, -0.15) is 0 Å². The van der Waals surface area contributed by atoms with Gasteiger partial charge in [0.2, 0.25) is 17.7 Å². The van der Waals surface area contributed by atoms with E-state index in [1.54, 1.807) is 13.1 Å². The highest BCUT2D eigenvalue weighted by Crippen LogP contribution is 2.23. The molecule has 3 rings (SSSR count). The number of nitrogens with zero attached hydrogens (tertiary/aromatic N) is 1. The van der Waals surface area contributed by atoms with E-state index in [-0.39, 0.29) is 12.3 Å². The molecule has 0 aliphatic carbocycles. The molecule has 2 heterocycles. The Kier molecular flexibility index (Phi) is 8.50. The maximum atomic E-state index is 13.7. The number of carbonyl (C=O) groups is 4. The summed E-state index contributed by atoms with van der Waals surface area (Å²) < 4.78 is 0. The van der Waals surface area contributed by atoms with Crippen LogP contribution in [0.3, 0.4) is 0 Å². The zero-order valence-electron chi connectivity index (χ0n) is 20.4. The molecule has 1 saturated heterocycles. The van der Waals surface area contributed by atoms with Gasteiger partial charge in [-0.15, -0.1) is 0 Å². The molecule has 3 amide bonds. The van der Waals surface area contributed by atoms with Gasteiger partial charge in [-0.3, -0.25) is 14.4 Å². The Labute approximate surface area is 204 Å². The second-order valence-electron chi connectivity index (χ2n) is 9.31. The normalized spacial score (nSPS) is 19.1. The summed E-state index contributed by atoms with van der Waals surface area (Å²) in [6.45, 7) is 5.50. The smallest absolute Gasteiger partial charge is 0.326 e. The Bertz CT molecular complexity index is 1080. The van der Waals surface area contributed by atoms with Gasteiger partial charge in [0, 0.05) is 30.1 Å². The van der Waals surface area contributed by atoms with Gasteiger partial charge in [-0.05, 0) is 37.3 Å². The summed E-state index contributed by atoms with van der Waals surface area (Å²) in [4.78, 5) is 55.5. The van der Waals surface area contributed by atoms with Crippen LogP contribution in [0, 0.1) is 5.92 Å². The van der Waals surface area contributed by atoms with Crippen molar-refractivity contribution in [1.82, 2.24) is 20.5 Å². The van der Waals surface area contributed by atoms with Gasteiger partial charge in [0.1, 0.15) is 18.1 Å². The summed E-state index contributed by atoms with van der Waals surface area (Å²) in [5.74, 6) is -2.72. The Morgan fingerprint density at radius 2 is 1.91 bits per heavy atom. The summed E-state index contributed by atoms with van der Waals surface area (Å²) in [6.07, 6.45) is 3.63. The van der Waals surface area contributed by atoms with Gasteiger partial charge in [0.25, 0.3) is 0 Å². The molecule has 1 fully saturated rings. The molecule has 5 unspecified atom stereocenters. The molecule has 0 spiro atoms. The molecule has 1 aliphatic rings. The number of aromatic amines is 1. The fraction of sp³-hybridized carbons (Fsp3) is 0.520. The molecule has 10 heteroatoms. The predicted molar refractivity (Wildman–Crippen MR) is 131 cm³/mol. The minimum absolute atomic E-state index is 0.219. The van der Waals surface area contributed by atoms with Crippen molar-refractivity contribution in [3.63, 3.8) is 0 Å². The van der Waals surface area contributed by atoms with Gasteiger partial charge in [-0.25, -0.2) is 4.79 Å². The number of carboxylic acids is 1. The van der Waals surface area contributed by atoms with Crippen LogP contribution in [0.4, 0.5) is 0 Å². The fourth-order valence-corrected chi connectivity index (χ4v) is 4.46. The summed E-state index contributed by atoms with van der Waals surface area (Å²) in [7, 11) is 0. The molecule has 0 radical (unpaired) electrons. The average Bonchev–Trinajstić information content (AvgIpc) is 3.48. The molecule has 1 aromatic carbocycles. The van der Waals surface area contributed by atoms with Gasteiger partial charge < -0.3 is 31.4 Å². The van der Waals surface area contributed by atoms with Crippen LogP contribution in [0.25, 0.3) is 10.9 Å². The quantitative estimate of drug-likeness (QED) is 0.340. The third kappa shape index (κ3) is 6.00. The van der Waals surface area contributed by atoms with Crippen LogP contribution in [-0.2, 0) is 25.6 Å². The van der Waals surface area contributed by atoms with Crippen molar-refractivity contribution in [2.75, 3.05) is 6.54 Å². The van der Waals surface area contributed by atoms with E-state index in [1.165, 1.54) is 11.8 Å². The average molecular weight is 486 g/mol. The number of carboxylic acid groups (broad SMARTS) is 1. The van der Waals surface area contributed by atoms with Crippen molar-refractivity contribution in [3.05, 3.63) is 36.0 Å². The van der Waals surface area contributed by atoms with E-state index in [9.17, 15) is 24.3 Å². The van der Waals surface area contributed by atoms with E-state index in [2.05, 4.69) is 15.6 Å². The van der Waals surface area contributed by atoms with Crippen LogP contribution >= 0.6 is 0 Å². The van der Waals surface area contributed by atoms with Gasteiger partial charge in [-0.1, -0.05) is 38.5 Å². The maximum absolute atomic E-state index is 13.7. The summed E-state index contributed by atoms with van der Waals surface area (Å²) >= 11 is 0. The number of aromatic nitrogens is 1. The number of H-pyrrole nitrogens is 1. The zero-order valence-corrected chi connectivity index (χ0v) is 20.4. The molecule has 35 heavy (non-hydrogen) atoms. The van der Waals surface area contributed by atoms with Crippen LogP contribution in [0.5, 0.6) is 0 Å². The van der Waals surface area contributed by atoms with Crippen LogP contribution in [0.2, 0.25) is 0 Å². The number of para-hydroxylation sites is 1. The zero-order chi connectivity index (χ0) is 25.7. The van der Waals surface area contributed by atoms with Gasteiger partial charge >= 0.3 is 5.97 Å². The number of nitrogens with one attached hydrogen (secondary N) is 3. The minimum atomic E-state index is -1.11. The monoisotopic (exact) mass is 485 g/mol. The fourth-order valence-electron chi connectivity index (χ4n) is 4.46. The second kappa shape index (κ2) is 11.4. The number of rotatable bonds is 10.